The SMILES string of the molecule is CCNC(CSc1cc(C)nn1C)(C(=O)OC)C1CC1. The normalized spacial score (nSPS) is 17.8. The second-order valence-electron chi connectivity index (χ2n) is 5.30. The van der Waals surface area contributed by atoms with Gasteiger partial charge < -0.3 is 10.1 Å². The molecule has 1 N–H and O–H groups in total. The zero-order chi connectivity index (χ0) is 14.8. The number of aryl methyl sites for hydroxylation is 2. The summed E-state index contributed by atoms with van der Waals surface area (Å²) in [5, 5.41) is 8.80. The number of thioether (sulfide) groups is 1. The first-order valence-corrected chi connectivity index (χ1v) is 7.99. The highest BCUT2D eigenvalue weighted by molar-refractivity contribution is 7.99. The van der Waals surface area contributed by atoms with Gasteiger partial charge in [-0.1, -0.05) is 6.92 Å². The van der Waals surface area contributed by atoms with Crippen molar-refractivity contribution in [2.24, 2.45) is 13.0 Å². The van der Waals surface area contributed by atoms with Crippen LogP contribution >= 0.6 is 11.8 Å². The van der Waals surface area contributed by atoms with Crippen molar-refractivity contribution in [3.05, 3.63) is 11.8 Å². The number of carbonyl (C=O) groups is 1. The lowest BCUT2D eigenvalue weighted by molar-refractivity contribution is -0.148. The summed E-state index contributed by atoms with van der Waals surface area (Å²) in [7, 11) is 3.40. The van der Waals surface area contributed by atoms with Crippen LogP contribution in [0.5, 0.6) is 0 Å². The molecule has 0 amide bonds. The second-order valence-corrected chi connectivity index (χ2v) is 6.30. The number of ether oxygens (including phenoxy) is 1. The molecule has 2 rings (SSSR count). The molecule has 0 saturated heterocycles. The van der Waals surface area contributed by atoms with Crippen LogP contribution in [-0.2, 0) is 16.6 Å². The summed E-state index contributed by atoms with van der Waals surface area (Å²) in [6.07, 6.45) is 2.18. The molecule has 0 spiro atoms. The third-order valence-electron chi connectivity index (χ3n) is 3.72. The van der Waals surface area contributed by atoms with Gasteiger partial charge in [-0.15, -0.1) is 11.8 Å². The molecule has 1 heterocycles. The number of hydrogen-bond acceptors (Lipinski definition) is 5. The summed E-state index contributed by atoms with van der Waals surface area (Å²) in [6.45, 7) is 4.76. The van der Waals surface area contributed by atoms with Crippen molar-refractivity contribution in [1.29, 1.82) is 0 Å². The Labute approximate surface area is 124 Å². The number of likely N-dealkylation sites (N-methyl/N-ethyl adjacent to an activating group) is 1. The van der Waals surface area contributed by atoms with Gasteiger partial charge in [0.15, 0.2) is 0 Å². The molecular weight excluding hydrogens is 274 g/mol. The lowest BCUT2D eigenvalue weighted by atomic mass is 9.95. The van der Waals surface area contributed by atoms with Crippen LogP contribution in [0.2, 0.25) is 0 Å². The van der Waals surface area contributed by atoms with E-state index in [9.17, 15) is 4.79 Å². The lowest BCUT2D eigenvalue weighted by Gasteiger charge is -2.31. The standard InChI is InChI=1S/C14H23N3O2S/c1-5-15-14(11-6-7-11,13(18)19-4)9-20-12-8-10(2)16-17(12)3/h8,11,15H,5-7,9H2,1-4H3. The quantitative estimate of drug-likeness (QED) is 0.614. The Morgan fingerprint density at radius 3 is 2.80 bits per heavy atom. The van der Waals surface area contributed by atoms with Crippen LogP contribution in [-0.4, -0.2) is 40.7 Å². The summed E-state index contributed by atoms with van der Waals surface area (Å²) in [5.74, 6) is 0.918. The molecule has 0 aromatic carbocycles. The molecule has 1 aromatic heterocycles. The lowest BCUT2D eigenvalue weighted by Crippen LogP contribution is -2.56. The van der Waals surface area contributed by atoms with Crippen molar-refractivity contribution in [2.45, 2.75) is 37.3 Å². The Morgan fingerprint density at radius 2 is 2.35 bits per heavy atom. The number of carbonyl (C=O) groups excluding carboxylic acids is 1. The molecule has 0 bridgehead atoms. The van der Waals surface area contributed by atoms with Gasteiger partial charge in [0.1, 0.15) is 5.54 Å². The molecule has 1 saturated carbocycles. The Bertz CT molecular complexity index is 485. The number of esters is 1. The monoisotopic (exact) mass is 297 g/mol. The van der Waals surface area contributed by atoms with E-state index in [1.807, 2.05) is 31.6 Å². The van der Waals surface area contributed by atoms with Gasteiger partial charge in [-0.2, -0.15) is 5.10 Å². The van der Waals surface area contributed by atoms with Gasteiger partial charge >= 0.3 is 5.97 Å². The fourth-order valence-corrected chi connectivity index (χ4v) is 3.91. The maximum absolute atomic E-state index is 12.3. The van der Waals surface area contributed by atoms with Crippen LogP contribution in [0, 0.1) is 12.8 Å². The van der Waals surface area contributed by atoms with Crippen LogP contribution in [0.1, 0.15) is 25.5 Å². The summed E-state index contributed by atoms with van der Waals surface area (Å²) in [5.41, 5.74) is 0.431. The molecule has 1 aromatic rings. The molecule has 112 valence electrons. The van der Waals surface area contributed by atoms with Gasteiger partial charge in [-0.3, -0.25) is 9.48 Å². The van der Waals surface area contributed by atoms with Crippen molar-refractivity contribution in [3.63, 3.8) is 0 Å². The Balaban J connectivity index is 2.15. The fourth-order valence-electron chi connectivity index (χ4n) is 2.59. The molecule has 1 aliphatic carbocycles. The minimum Gasteiger partial charge on any atom is -0.468 e. The first-order valence-electron chi connectivity index (χ1n) is 7.00. The molecule has 1 aliphatic rings. The van der Waals surface area contributed by atoms with E-state index in [1.54, 1.807) is 11.8 Å². The minimum atomic E-state index is -0.563. The fraction of sp³-hybridized carbons (Fsp3) is 0.714. The Hall–Kier alpha value is -1.01. The maximum atomic E-state index is 12.3. The average molecular weight is 297 g/mol. The van der Waals surface area contributed by atoms with Crippen molar-refractivity contribution in [2.75, 3.05) is 19.4 Å². The Morgan fingerprint density at radius 1 is 1.65 bits per heavy atom. The van der Waals surface area contributed by atoms with Gasteiger partial charge in [0, 0.05) is 12.8 Å². The summed E-state index contributed by atoms with van der Waals surface area (Å²) < 4.78 is 6.92. The number of methoxy groups -OCH3 is 1. The second kappa shape index (κ2) is 6.18. The topological polar surface area (TPSA) is 56.2 Å². The molecule has 6 heteroatoms. The number of rotatable bonds is 7. The first kappa shape index (κ1) is 15.4. The van der Waals surface area contributed by atoms with Gasteiger partial charge in [0.25, 0.3) is 0 Å². The van der Waals surface area contributed by atoms with E-state index in [1.165, 1.54) is 7.11 Å². The summed E-state index contributed by atoms with van der Waals surface area (Å²) in [4.78, 5) is 12.3. The van der Waals surface area contributed by atoms with Crippen LogP contribution in [0.4, 0.5) is 0 Å². The van der Waals surface area contributed by atoms with Crippen molar-refractivity contribution in [3.8, 4) is 0 Å². The first-order chi connectivity index (χ1) is 9.53. The van der Waals surface area contributed by atoms with Crippen LogP contribution in [0.25, 0.3) is 0 Å². The molecule has 0 aliphatic heterocycles. The Kier molecular flexibility index (Phi) is 4.75. The summed E-state index contributed by atoms with van der Waals surface area (Å²) in [6, 6.07) is 2.05. The van der Waals surface area contributed by atoms with E-state index in [-0.39, 0.29) is 5.97 Å². The van der Waals surface area contributed by atoms with Crippen molar-refractivity contribution >= 4 is 17.7 Å². The van der Waals surface area contributed by atoms with Gasteiger partial charge in [-0.05, 0) is 38.3 Å². The zero-order valence-corrected chi connectivity index (χ0v) is 13.4. The number of nitrogens with zero attached hydrogens (tertiary/aromatic N) is 2. The predicted octanol–water partition coefficient (Wildman–Crippen LogP) is 1.75. The third-order valence-corrected chi connectivity index (χ3v) is 5.00. The molecule has 0 radical (unpaired) electrons. The molecule has 20 heavy (non-hydrogen) atoms. The molecule has 1 atom stereocenters. The maximum Gasteiger partial charge on any atom is 0.327 e. The molecular formula is C14H23N3O2S. The number of hydrogen-bond donors (Lipinski definition) is 1. The highest BCUT2D eigenvalue weighted by Crippen LogP contribution is 2.43. The van der Waals surface area contributed by atoms with Gasteiger partial charge in [0.2, 0.25) is 0 Å². The minimum absolute atomic E-state index is 0.145. The molecule has 1 unspecified atom stereocenters. The third kappa shape index (κ3) is 3.01. The van der Waals surface area contributed by atoms with E-state index in [4.69, 9.17) is 4.74 Å². The highest BCUT2D eigenvalue weighted by atomic mass is 32.2. The smallest absolute Gasteiger partial charge is 0.327 e. The highest BCUT2D eigenvalue weighted by Gasteiger charge is 2.51. The summed E-state index contributed by atoms with van der Waals surface area (Å²) >= 11 is 1.66. The van der Waals surface area contributed by atoms with Crippen LogP contribution < -0.4 is 5.32 Å². The number of nitrogens with one attached hydrogen (secondary N) is 1. The van der Waals surface area contributed by atoms with E-state index < -0.39 is 5.54 Å². The predicted molar refractivity (Wildman–Crippen MR) is 79.8 cm³/mol. The molecule has 5 nitrogen and oxygen atoms in total. The zero-order valence-electron chi connectivity index (χ0n) is 12.6. The van der Waals surface area contributed by atoms with Gasteiger partial charge in [-0.25, -0.2) is 0 Å². The van der Waals surface area contributed by atoms with Crippen LogP contribution in [0.3, 0.4) is 0 Å². The van der Waals surface area contributed by atoms with Crippen LogP contribution in [0.15, 0.2) is 11.1 Å². The number of aromatic nitrogens is 2. The van der Waals surface area contributed by atoms with Gasteiger partial charge in [0.05, 0.1) is 17.8 Å². The van der Waals surface area contributed by atoms with Crippen molar-refractivity contribution < 1.29 is 9.53 Å². The van der Waals surface area contributed by atoms with E-state index in [0.717, 1.165) is 30.1 Å². The van der Waals surface area contributed by atoms with E-state index in [2.05, 4.69) is 10.4 Å². The van der Waals surface area contributed by atoms with E-state index >= 15 is 0 Å². The largest absolute Gasteiger partial charge is 0.468 e. The van der Waals surface area contributed by atoms with Crippen molar-refractivity contribution in [1.82, 2.24) is 15.1 Å². The molecule has 1 fully saturated rings. The average Bonchev–Trinajstić information content (AvgIpc) is 3.21. The van der Waals surface area contributed by atoms with E-state index in [0.29, 0.717) is 11.7 Å².